The van der Waals surface area contributed by atoms with Gasteiger partial charge in [-0.1, -0.05) is 17.7 Å². The SMILES string of the molecule is COc1ccc(Cc2nnc(N3CCC(O)CC3)c3nc(N)c(C#N)cc23)cc1Cl. The van der Waals surface area contributed by atoms with Crippen LogP contribution in [0.3, 0.4) is 0 Å². The van der Waals surface area contributed by atoms with E-state index >= 15 is 0 Å². The molecule has 0 bridgehead atoms. The van der Waals surface area contributed by atoms with Crippen LogP contribution in [-0.2, 0) is 6.42 Å². The number of hydrogen-bond donors (Lipinski definition) is 2. The number of nitrogen functional groups attached to an aromatic ring is 1. The van der Waals surface area contributed by atoms with Crippen molar-refractivity contribution >= 4 is 34.1 Å². The lowest BCUT2D eigenvalue weighted by Gasteiger charge is -2.30. The number of halogens is 1. The van der Waals surface area contributed by atoms with Crippen molar-refractivity contribution in [2.24, 2.45) is 0 Å². The first-order chi connectivity index (χ1) is 14.5. The molecule has 0 atom stereocenters. The monoisotopic (exact) mass is 424 g/mol. The smallest absolute Gasteiger partial charge is 0.177 e. The van der Waals surface area contributed by atoms with Gasteiger partial charge >= 0.3 is 0 Å². The van der Waals surface area contributed by atoms with Gasteiger partial charge in [-0.3, -0.25) is 0 Å². The quantitative estimate of drug-likeness (QED) is 0.655. The predicted molar refractivity (Wildman–Crippen MR) is 115 cm³/mol. The fourth-order valence-corrected chi connectivity index (χ4v) is 3.93. The molecular weight excluding hydrogens is 404 g/mol. The second-order valence-corrected chi connectivity index (χ2v) is 7.67. The molecule has 1 aromatic carbocycles. The molecule has 8 nitrogen and oxygen atoms in total. The van der Waals surface area contributed by atoms with Crippen LogP contribution in [0.15, 0.2) is 24.3 Å². The van der Waals surface area contributed by atoms with Crippen LogP contribution in [0.1, 0.15) is 29.7 Å². The lowest BCUT2D eigenvalue weighted by atomic mass is 10.0. The number of benzene rings is 1. The van der Waals surface area contributed by atoms with E-state index in [9.17, 15) is 10.4 Å². The van der Waals surface area contributed by atoms with Crippen molar-refractivity contribution in [2.75, 3.05) is 30.8 Å². The van der Waals surface area contributed by atoms with Gasteiger partial charge < -0.3 is 20.5 Å². The van der Waals surface area contributed by atoms with Crippen molar-refractivity contribution in [2.45, 2.75) is 25.4 Å². The molecule has 30 heavy (non-hydrogen) atoms. The highest BCUT2D eigenvalue weighted by atomic mass is 35.5. The number of hydrogen-bond acceptors (Lipinski definition) is 8. The predicted octanol–water partition coefficient (Wildman–Crippen LogP) is 2.69. The van der Waals surface area contributed by atoms with Gasteiger partial charge in [-0.05, 0) is 36.6 Å². The first kappa shape index (κ1) is 20.1. The van der Waals surface area contributed by atoms with Crippen LogP contribution in [0.4, 0.5) is 11.6 Å². The summed E-state index contributed by atoms with van der Waals surface area (Å²) in [5.41, 5.74) is 8.51. The third-order valence-electron chi connectivity index (χ3n) is 5.31. The number of anilines is 2. The Bertz CT molecular complexity index is 1140. The van der Waals surface area contributed by atoms with Crippen LogP contribution in [-0.4, -0.2) is 46.6 Å². The normalized spacial score (nSPS) is 14.7. The highest BCUT2D eigenvalue weighted by Crippen LogP contribution is 2.31. The summed E-state index contributed by atoms with van der Waals surface area (Å²) in [6, 6.07) is 9.34. The molecule has 3 N–H and O–H groups in total. The van der Waals surface area contributed by atoms with Crippen molar-refractivity contribution in [1.82, 2.24) is 15.2 Å². The maximum atomic E-state index is 9.81. The van der Waals surface area contributed by atoms with Crippen molar-refractivity contribution in [3.63, 3.8) is 0 Å². The second kappa shape index (κ2) is 8.30. The van der Waals surface area contributed by atoms with E-state index in [4.69, 9.17) is 22.1 Å². The summed E-state index contributed by atoms with van der Waals surface area (Å²) in [7, 11) is 1.57. The van der Waals surface area contributed by atoms with Crippen LogP contribution in [0.2, 0.25) is 5.02 Å². The van der Waals surface area contributed by atoms with E-state index in [-0.39, 0.29) is 11.9 Å². The van der Waals surface area contributed by atoms with E-state index in [1.165, 1.54) is 0 Å². The Kier molecular flexibility index (Phi) is 5.57. The Morgan fingerprint density at radius 1 is 1.30 bits per heavy atom. The summed E-state index contributed by atoms with van der Waals surface area (Å²) >= 11 is 6.26. The lowest BCUT2D eigenvalue weighted by Crippen LogP contribution is -2.36. The van der Waals surface area contributed by atoms with Gasteiger partial charge in [-0.15, -0.1) is 5.10 Å². The summed E-state index contributed by atoms with van der Waals surface area (Å²) < 4.78 is 5.21. The minimum atomic E-state index is -0.303. The largest absolute Gasteiger partial charge is 0.495 e. The summed E-state index contributed by atoms with van der Waals surface area (Å²) in [6.07, 6.45) is 1.47. The maximum absolute atomic E-state index is 9.81. The van der Waals surface area contributed by atoms with Crippen LogP contribution < -0.4 is 15.4 Å². The molecule has 1 fully saturated rings. The third kappa shape index (κ3) is 3.82. The number of pyridine rings is 1. The van der Waals surface area contributed by atoms with Crippen LogP contribution in [0.5, 0.6) is 5.75 Å². The number of rotatable bonds is 4. The summed E-state index contributed by atoms with van der Waals surface area (Å²) in [5, 5.41) is 29.4. The van der Waals surface area contributed by atoms with Crippen molar-refractivity contribution in [3.05, 3.63) is 46.1 Å². The number of aliphatic hydroxyl groups is 1. The Hall–Kier alpha value is -3.15. The fraction of sp³-hybridized carbons (Fsp3) is 0.333. The Morgan fingerprint density at radius 2 is 2.07 bits per heavy atom. The van der Waals surface area contributed by atoms with Gasteiger partial charge in [-0.2, -0.15) is 10.4 Å². The van der Waals surface area contributed by atoms with E-state index in [1.807, 2.05) is 12.1 Å². The zero-order valence-corrected chi connectivity index (χ0v) is 17.2. The number of nitriles is 1. The van der Waals surface area contributed by atoms with Gasteiger partial charge in [0.05, 0.1) is 29.5 Å². The molecule has 0 amide bonds. The Balaban J connectivity index is 1.79. The molecule has 4 rings (SSSR count). The minimum absolute atomic E-state index is 0.162. The minimum Gasteiger partial charge on any atom is -0.495 e. The van der Waals surface area contributed by atoms with Gasteiger partial charge in [0.15, 0.2) is 5.82 Å². The first-order valence-corrected chi connectivity index (χ1v) is 9.99. The summed E-state index contributed by atoms with van der Waals surface area (Å²) in [5.74, 6) is 1.37. The van der Waals surface area contributed by atoms with Gasteiger partial charge in [-0.25, -0.2) is 4.98 Å². The van der Waals surface area contributed by atoms with E-state index in [0.717, 1.165) is 10.9 Å². The molecular formula is C21H21ClN6O2. The number of fused-ring (bicyclic) bond motifs is 1. The van der Waals surface area contributed by atoms with Crippen molar-refractivity contribution < 1.29 is 9.84 Å². The Labute approximate surface area is 178 Å². The lowest BCUT2D eigenvalue weighted by molar-refractivity contribution is 0.145. The van der Waals surface area contributed by atoms with Crippen LogP contribution in [0, 0.1) is 11.3 Å². The molecule has 0 spiro atoms. The number of nitrogens with two attached hydrogens (primary N) is 1. The summed E-state index contributed by atoms with van der Waals surface area (Å²) in [6.45, 7) is 1.31. The molecule has 3 heterocycles. The average Bonchev–Trinajstić information content (AvgIpc) is 2.74. The topological polar surface area (TPSA) is 121 Å². The van der Waals surface area contributed by atoms with Gasteiger partial charge in [0.1, 0.15) is 23.2 Å². The molecule has 1 saturated heterocycles. The second-order valence-electron chi connectivity index (χ2n) is 7.26. The van der Waals surface area contributed by atoms with Crippen LogP contribution in [0.25, 0.3) is 10.9 Å². The highest BCUT2D eigenvalue weighted by molar-refractivity contribution is 6.32. The summed E-state index contributed by atoms with van der Waals surface area (Å²) in [4.78, 5) is 6.54. The number of methoxy groups -OCH3 is 1. The molecule has 0 saturated carbocycles. The maximum Gasteiger partial charge on any atom is 0.177 e. The molecule has 154 valence electrons. The number of piperidine rings is 1. The zero-order chi connectivity index (χ0) is 21.3. The third-order valence-corrected chi connectivity index (χ3v) is 5.61. The zero-order valence-electron chi connectivity index (χ0n) is 16.5. The molecule has 3 aromatic rings. The van der Waals surface area contributed by atoms with Gasteiger partial charge in [0, 0.05) is 24.9 Å². The van der Waals surface area contributed by atoms with Crippen LogP contribution >= 0.6 is 11.6 Å². The van der Waals surface area contributed by atoms with E-state index in [0.29, 0.717) is 65.7 Å². The van der Waals surface area contributed by atoms with Crippen molar-refractivity contribution in [1.29, 1.82) is 5.26 Å². The van der Waals surface area contributed by atoms with Gasteiger partial charge in [0.25, 0.3) is 0 Å². The number of aliphatic hydroxyl groups excluding tert-OH is 1. The standard InChI is InChI=1S/C21H21ClN6O2/c1-30-18-3-2-12(8-16(18)22)9-17-15-10-13(11-23)20(24)25-19(15)21(27-26-17)28-6-4-14(29)5-7-28/h2-3,8,10,14,29H,4-7,9H2,1H3,(H2,24,25). The first-order valence-electron chi connectivity index (χ1n) is 9.61. The molecule has 2 aromatic heterocycles. The van der Waals surface area contributed by atoms with Crippen molar-refractivity contribution in [3.8, 4) is 11.8 Å². The molecule has 0 aliphatic carbocycles. The number of nitrogens with zero attached hydrogens (tertiary/aromatic N) is 5. The van der Waals surface area contributed by atoms with Gasteiger partial charge in [0.2, 0.25) is 0 Å². The molecule has 0 radical (unpaired) electrons. The molecule has 9 heteroatoms. The molecule has 0 unspecified atom stereocenters. The highest BCUT2D eigenvalue weighted by Gasteiger charge is 2.23. The fourth-order valence-electron chi connectivity index (χ4n) is 3.65. The van der Waals surface area contributed by atoms with E-state index in [1.54, 1.807) is 19.2 Å². The Morgan fingerprint density at radius 3 is 2.73 bits per heavy atom. The number of ether oxygens (including phenoxy) is 1. The molecule has 1 aliphatic heterocycles. The van der Waals surface area contributed by atoms with E-state index in [2.05, 4.69) is 26.2 Å². The van der Waals surface area contributed by atoms with E-state index < -0.39 is 0 Å². The molecule has 1 aliphatic rings. The average molecular weight is 425 g/mol. The number of aromatic nitrogens is 3.